The first-order chi connectivity index (χ1) is 4.79. The molecule has 3 heteroatoms. The van der Waals surface area contributed by atoms with Gasteiger partial charge in [-0.2, -0.15) is 0 Å². The molecule has 0 amide bonds. The number of aliphatic hydroxyl groups excluding tert-OH is 1. The van der Waals surface area contributed by atoms with E-state index in [4.69, 9.17) is 9.84 Å². The summed E-state index contributed by atoms with van der Waals surface area (Å²) in [6, 6.07) is 5.55. The first-order valence-corrected chi connectivity index (χ1v) is 3.19. The van der Waals surface area contributed by atoms with Gasteiger partial charge in [0.05, 0.1) is 0 Å². The number of rotatable bonds is 2. The van der Waals surface area contributed by atoms with Gasteiger partial charge in [-0.3, -0.25) is 0 Å². The van der Waals surface area contributed by atoms with Crippen LogP contribution >= 0.6 is 0 Å². The molecule has 10 heavy (non-hydrogen) atoms. The molecule has 52 valence electrons. The molecule has 0 aliphatic carbocycles. The number of hydrogen-bond donors (Lipinski definition) is 1. The average Bonchev–Trinajstić information content (AvgIpc) is 1.88. The Kier molecular flexibility index (Phi) is 2.45. The Morgan fingerprint density at radius 1 is 1.60 bits per heavy atom. The van der Waals surface area contributed by atoms with Crippen molar-refractivity contribution in [2.75, 3.05) is 0 Å². The molecule has 1 aromatic heterocycles. The molecule has 0 fully saturated rings. The van der Waals surface area contributed by atoms with E-state index in [-0.39, 0.29) is 0 Å². The second-order valence-corrected chi connectivity index (χ2v) is 2.03. The third-order valence-electron chi connectivity index (χ3n) is 1.05. The monoisotopic (exact) mass is 136 g/mol. The van der Waals surface area contributed by atoms with Gasteiger partial charge in [0.1, 0.15) is 0 Å². The fraction of sp³-hybridized carbons (Fsp3) is 0.286. The summed E-state index contributed by atoms with van der Waals surface area (Å²) in [5, 5.41) is 8.78. The van der Waals surface area contributed by atoms with E-state index in [9.17, 15) is 0 Å². The van der Waals surface area contributed by atoms with E-state index in [1.807, 2.05) is 18.1 Å². The molecule has 1 heterocycles. The number of aliphatic hydroxyl groups is 1. The topological polar surface area (TPSA) is 29.5 Å². The maximum absolute atomic E-state index is 8.78. The van der Waals surface area contributed by atoms with Gasteiger partial charge in [0.25, 0.3) is 0 Å². The molecule has 0 aromatic carbocycles. The van der Waals surface area contributed by atoms with E-state index >= 15 is 0 Å². The van der Waals surface area contributed by atoms with Gasteiger partial charge in [-0.15, -0.1) is 0 Å². The Hall–Kier alpha value is -0.825. The first-order valence-electron chi connectivity index (χ1n) is 3.19. The fourth-order valence-electron chi connectivity index (χ4n) is 0.696. The van der Waals surface area contributed by atoms with Crippen molar-refractivity contribution < 1.29 is 9.84 Å². The van der Waals surface area contributed by atoms with Gasteiger partial charge in [-0.25, -0.2) is 0 Å². The van der Waals surface area contributed by atoms with Crippen LogP contribution in [0.2, 0.25) is 0 Å². The van der Waals surface area contributed by atoms with Crippen LogP contribution < -0.4 is 4.74 Å². The molecule has 1 atom stereocenters. The van der Waals surface area contributed by atoms with Crippen molar-refractivity contribution in [2.45, 2.75) is 13.2 Å². The summed E-state index contributed by atoms with van der Waals surface area (Å²) < 4.78 is 4.97. The molecule has 1 unspecified atom stereocenters. The van der Waals surface area contributed by atoms with Crippen molar-refractivity contribution in [1.29, 1.82) is 0 Å². The van der Waals surface area contributed by atoms with Gasteiger partial charge in [0.15, 0.2) is 0 Å². The molecule has 1 rings (SSSR count). The summed E-state index contributed by atoms with van der Waals surface area (Å²) in [7, 11) is 0. The third-order valence-corrected chi connectivity index (χ3v) is 1.05. The molecule has 0 saturated carbocycles. The minimum atomic E-state index is -0.734. The van der Waals surface area contributed by atoms with E-state index in [0.717, 1.165) is 0 Å². The fourth-order valence-corrected chi connectivity index (χ4v) is 0.696. The standard InChI is InChI=1S/C7H9BO2/c1-6(9)10-7-4-2-3-5-8-7/h2-6,9H,1H3. The average molecular weight is 136 g/mol. The van der Waals surface area contributed by atoms with Gasteiger partial charge < -0.3 is 0 Å². The normalized spacial score (nSPS) is 12.2. The second kappa shape index (κ2) is 3.37. The predicted octanol–water partition coefficient (Wildman–Crippen LogP) is 0.742. The zero-order chi connectivity index (χ0) is 7.40. The summed E-state index contributed by atoms with van der Waals surface area (Å²) in [5.74, 6) is 1.86. The molecule has 1 N–H and O–H groups in total. The van der Waals surface area contributed by atoms with E-state index < -0.39 is 6.29 Å². The van der Waals surface area contributed by atoms with Gasteiger partial charge in [0.2, 0.25) is 0 Å². The van der Waals surface area contributed by atoms with Crippen molar-refractivity contribution in [3.8, 4) is 5.64 Å². The molecule has 0 spiro atoms. The molecule has 0 aliphatic rings. The molecular weight excluding hydrogens is 127 g/mol. The first kappa shape index (κ1) is 7.28. The van der Waals surface area contributed by atoms with E-state index in [2.05, 4.69) is 0 Å². The van der Waals surface area contributed by atoms with Crippen LogP contribution in [0.25, 0.3) is 0 Å². The molecule has 0 saturated heterocycles. The van der Waals surface area contributed by atoms with Crippen LogP contribution in [0.5, 0.6) is 5.64 Å². The maximum atomic E-state index is 8.78. The Labute approximate surface area is 60.7 Å². The Bertz CT molecular complexity index is 186. The third kappa shape index (κ3) is 2.19. The molecule has 0 radical (unpaired) electrons. The van der Waals surface area contributed by atoms with E-state index in [1.54, 1.807) is 19.9 Å². The summed E-state index contributed by atoms with van der Waals surface area (Å²) in [6.45, 7) is 3.37. The molecule has 0 aliphatic heterocycles. The zero-order valence-corrected chi connectivity index (χ0v) is 5.82. The van der Waals surface area contributed by atoms with Crippen molar-refractivity contribution in [1.82, 2.24) is 0 Å². The second-order valence-electron chi connectivity index (χ2n) is 2.03. The zero-order valence-electron chi connectivity index (χ0n) is 5.82. The van der Waals surface area contributed by atoms with Crippen molar-refractivity contribution >= 4 is 6.91 Å². The van der Waals surface area contributed by atoms with Crippen LogP contribution in [0.15, 0.2) is 24.2 Å². The van der Waals surface area contributed by atoms with Crippen LogP contribution in [-0.2, 0) is 0 Å². The predicted molar refractivity (Wildman–Crippen MR) is 40.1 cm³/mol. The van der Waals surface area contributed by atoms with Gasteiger partial charge >= 0.3 is 59.8 Å². The van der Waals surface area contributed by atoms with E-state index in [1.165, 1.54) is 0 Å². The minimum absolute atomic E-state index is 0.692. The molecule has 0 bridgehead atoms. The Morgan fingerprint density at radius 3 is 2.90 bits per heavy atom. The summed E-state index contributed by atoms with van der Waals surface area (Å²) in [4.78, 5) is 0. The quantitative estimate of drug-likeness (QED) is 0.607. The Morgan fingerprint density at radius 2 is 2.40 bits per heavy atom. The van der Waals surface area contributed by atoms with Gasteiger partial charge in [-0.05, 0) is 0 Å². The van der Waals surface area contributed by atoms with Crippen LogP contribution in [-0.4, -0.2) is 18.3 Å². The molecule has 2 nitrogen and oxygen atoms in total. The van der Waals surface area contributed by atoms with E-state index in [0.29, 0.717) is 5.64 Å². The van der Waals surface area contributed by atoms with Crippen molar-refractivity contribution in [2.24, 2.45) is 0 Å². The Balaban J connectivity index is 2.59. The van der Waals surface area contributed by atoms with Crippen LogP contribution in [0.1, 0.15) is 6.92 Å². The van der Waals surface area contributed by atoms with Crippen molar-refractivity contribution in [3.63, 3.8) is 0 Å². The summed E-state index contributed by atoms with van der Waals surface area (Å²) in [5.41, 5.74) is 0.692. The van der Waals surface area contributed by atoms with Gasteiger partial charge in [0, 0.05) is 0 Å². The number of ether oxygens (including phenoxy) is 1. The van der Waals surface area contributed by atoms with Gasteiger partial charge in [-0.1, -0.05) is 0 Å². The van der Waals surface area contributed by atoms with Crippen LogP contribution in [0.4, 0.5) is 0 Å². The molecular formula is C7H9BO2. The summed E-state index contributed by atoms with van der Waals surface area (Å²) >= 11 is 0. The number of hydrogen-bond acceptors (Lipinski definition) is 2. The van der Waals surface area contributed by atoms with Crippen LogP contribution in [0.3, 0.4) is 0 Å². The molecule has 1 aromatic rings. The summed E-state index contributed by atoms with van der Waals surface area (Å²) in [6.07, 6.45) is -0.734. The van der Waals surface area contributed by atoms with Crippen molar-refractivity contribution in [3.05, 3.63) is 24.2 Å². The van der Waals surface area contributed by atoms with Crippen LogP contribution in [0, 0.1) is 0 Å². The SMILES string of the molecule is CC(O)Oc1bcccc1.